The van der Waals surface area contributed by atoms with Crippen LogP contribution < -0.4 is 4.74 Å². The van der Waals surface area contributed by atoms with E-state index in [1.807, 2.05) is 12.1 Å². The van der Waals surface area contributed by atoms with Gasteiger partial charge in [-0.05, 0) is 35.4 Å². The number of rotatable bonds is 6. The normalized spacial score (nSPS) is 10.2. The number of halogens is 2. The van der Waals surface area contributed by atoms with Gasteiger partial charge in [-0.15, -0.1) is 0 Å². The van der Waals surface area contributed by atoms with Crippen LogP contribution in [-0.4, -0.2) is 21.7 Å². The molecule has 0 aliphatic heterocycles. The molecule has 1 aromatic heterocycles. The summed E-state index contributed by atoms with van der Waals surface area (Å²) in [7, 11) is 0. The van der Waals surface area contributed by atoms with Crippen molar-refractivity contribution in [2.75, 3.05) is 0 Å². The number of aromatic nitrogens is 1. The van der Waals surface area contributed by atoms with Crippen LogP contribution in [0.1, 0.15) is 11.1 Å². The van der Waals surface area contributed by atoms with Crippen molar-refractivity contribution < 1.29 is 14.7 Å². The molecule has 0 aliphatic rings. The second kappa shape index (κ2) is 7.26. The first kappa shape index (κ1) is 15.6. The van der Waals surface area contributed by atoms with Crippen LogP contribution in [0, 0.1) is 0 Å². The van der Waals surface area contributed by atoms with Crippen LogP contribution >= 0.6 is 23.2 Å². The molecular formula is C14H12Cl2N2O3. The number of ether oxygens (including phenoxy) is 1. The first-order valence-electron chi connectivity index (χ1n) is 6.00. The molecule has 5 nitrogen and oxygen atoms in total. The number of carbonyl (C=O) groups is 1. The Kier molecular flexibility index (Phi) is 5.38. The lowest BCUT2D eigenvalue weighted by Gasteiger charge is -2.13. The SMILES string of the molecule is O=CN(O)Cc1cc(Cl)c(OCc2ccncc2)c(Cl)c1. The topological polar surface area (TPSA) is 62.7 Å². The maximum absolute atomic E-state index is 10.4. The van der Waals surface area contributed by atoms with E-state index in [9.17, 15) is 4.79 Å². The quantitative estimate of drug-likeness (QED) is 0.502. The number of nitrogens with zero attached hydrogens (tertiary/aromatic N) is 2. The van der Waals surface area contributed by atoms with Crippen LogP contribution in [0.15, 0.2) is 36.7 Å². The molecule has 21 heavy (non-hydrogen) atoms. The van der Waals surface area contributed by atoms with E-state index in [4.69, 9.17) is 33.1 Å². The van der Waals surface area contributed by atoms with Crippen LogP contribution in [0.2, 0.25) is 10.0 Å². The Hall–Kier alpha value is -1.82. The first-order valence-corrected chi connectivity index (χ1v) is 6.76. The summed E-state index contributed by atoms with van der Waals surface area (Å²) in [5.41, 5.74) is 1.53. The van der Waals surface area contributed by atoms with Crippen molar-refractivity contribution in [3.8, 4) is 5.75 Å². The summed E-state index contributed by atoms with van der Waals surface area (Å²) >= 11 is 12.2. The van der Waals surface area contributed by atoms with E-state index < -0.39 is 0 Å². The molecule has 2 rings (SSSR count). The molecule has 110 valence electrons. The van der Waals surface area contributed by atoms with E-state index >= 15 is 0 Å². The van der Waals surface area contributed by atoms with Gasteiger partial charge in [0.15, 0.2) is 5.75 Å². The summed E-state index contributed by atoms with van der Waals surface area (Å²) in [5.74, 6) is 0.356. The Bertz CT molecular complexity index is 600. The summed E-state index contributed by atoms with van der Waals surface area (Å²) in [6.45, 7) is 0.301. The smallest absolute Gasteiger partial charge is 0.233 e. The summed E-state index contributed by atoms with van der Waals surface area (Å²) in [6, 6.07) is 6.82. The highest BCUT2D eigenvalue weighted by Crippen LogP contribution is 2.35. The minimum absolute atomic E-state index is 0.00637. The fourth-order valence-corrected chi connectivity index (χ4v) is 2.34. The summed E-state index contributed by atoms with van der Waals surface area (Å²) in [6.07, 6.45) is 3.64. The molecule has 1 N–H and O–H groups in total. The van der Waals surface area contributed by atoms with Gasteiger partial charge in [-0.1, -0.05) is 23.2 Å². The zero-order valence-electron chi connectivity index (χ0n) is 10.9. The Morgan fingerprint density at radius 3 is 2.38 bits per heavy atom. The molecule has 0 spiro atoms. The molecule has 1 aromatic carbocycles. The maximum atomic E-state index is 10.4. The van der Waals surface area contributed by atoms with Gasteiger partial charge in [0.25, 0.3) is 0 Å². The van der Waals surface area contributed by atoms with Gasteiger partial charge in [0.05, 0.1) is 16.6 Å². The Labute approximate surface area is 131 Å². The lowest BCUT2D eigenvalue weighted by Crippen LogP contribution is -2.15. The van der Waals surface area contributed by atoms with Gasteiger partial charge >= 0.3 is 0 Å². The average molecular weight is 327 g/mol. The lowest BCUT2D eigenvalue weighted by atomic mass is 10.2. The standard InChI is InChI=1S/C14H12Cl2N2O3/c15-12-5-11(7-18(20)9-19)6-13(16)14(12)21-8-10-1-3-17-4-2-10/h1-6,9,20H,7-8H2. The molecule has 0 fully saturated rings. The van der Waals surface area contributed by atoms with Gasteiger partial charge in [-0.25, -0.2) is 5.06 Å². The van der Waals surface area contributed by atoms with E-state index in [-0.39, 0.29) is 6.54 Å². The van der Waals surface area contributed by atoms with Crippen molar-refractivity contribution in [1.29, 1.82) is 0 Å². The number of hydrogen-bond donors (Lipinski definition) is 1. The molecule has 1 amide bonds. The van der Waals surface area contributed by atoms with E-state index in [1.165, 1.54) is 0 Å². The Morgan fingerprint density at radius 2 is 1.81 bits per heavy atom. The largest absolute Gasteiger partial charge is 0.486 e. The maximum Gasteiger partial charge on any atom is 0.233 e. The molecular weight excluding hydrogens is 315 g/mol. The van der Waals surface area contributed by atoms with Gasteiger partial charge in [0.1, 0.15) is 6.61 Å². The number of hydrogen-bond acceptors (Lipinski definition) is 4. The van der Waals surface area contributed by atoms with Gasteiger partial charge in [0.2, 0.25) is 6.41 Å². The summed E-state index contributed by atoms with van der Waals surface area (Å²) in [4.78, 5) is 14.3. The van der Waals surface area contributed by atoms with Crippen molar-refractivity contribution in [1.82, 2.24) is 10.0 Å². The number of benzene rings is 1. The highest BCUT2D eigenvalue weighted by molar-refractivity contribution is 6.37. The monoisotopic (exact) mass is 326 g/mol. The fraction of sp³-hybridized carbons (Fsp3) is 0.143. The van der Waals surface area contributed by atoms with Crippen molar-refractivity contribution in [3.05, 3.63) is 57.8 Å². The van der Waals surface area contributed by atoms with Gasteiger partial charge in [-0.2, -0.15) is 0 Å². The van der Waals surface area contributed by atoms with Crippen molar-refractivity contribution in [2.24, 2.45) is 0 Å². The van der Waals surface area contributed by atoms with Crippen LogP contribution in [-0.2, 0) is 17.9 Å². The summed E-state index contributed by atoms with van der Waals surface area (Å²) in [5, 5.41) is 10.3. The zero-order valence-corrected chi connectivity index (χ0v) is 12.4. The van der Waals surface area contributed by atoms with Gasteiger partial charge in [0, 0.05) is 12.4 Å². The molecule has 2 aromatic rings. The average Bonchev–Trinajstić information content (AvgIpc) is 2.47. The molecule has 0 saturated carbocycles. The molecule has 0 atom stereocenters. The third-order valence-corrected chi connectivity index (χ3v) is 3.22. The minimum atomic E-state index is -0.00637. The zero-order chi connectivity index (χ0) is 15.2. The third-order valence-electron chi connectivity index (χ3n) is 2.66. The number of pyridine rings is 1. The van der Waals surface area contributed by atoms with E-state index in [1.54, 1.807) is 24.5 Å². The first-order chi connectivity index (χ1) is 10.1. The van der Waals surface area contributed by atoms with Crippen LogP contribution in [0.4, 0.5) is 0 Å². The van der Waals surface area contributed by atoms with E-state index in [2.05, 4.69) is 4.98 Å². The Balaban J connectivity index is 2.11. The molecule has 7 heteroatoms. The second-order valence-corrected chi connectivity index (χ2v) is 5.05. The van der Waals surface area contributed by atoms with Crippen molar-refractivity contribution in [2.45, 2.75) is 13.2 Å². The van der Waals surface area contributed by atoms with Crippen molar-refractivity contribution in [3.63, 3.8) is 0 Å². The molecule has 0 radical (unpaired) electrons. The van der Waals surface area contributed by atoms with Crippen molar-refractivity contribution >= 4 is 29.6 Å². The van der Waals surface area contributed by atoms with Crippen LogP contribution in [0.25, 0.3) is 0 Å². The predicted octanol–water partition coefficient (Wildman–Crippen LogP) is 3.32. The molecule has 0 saturated heterocycles. The highest BCUT2D eigenvalue weighted by Gasteiger charge is 2.11. The van der Waals surface area contributed by atoms with Gasteiger partial charge in [-0.3, -0.25) is 15.0 Å². The number of hydroxylamine groups is 2. The van der Waals surface area contributed by atoms with Crippen LogP contribution in [0.5, 0.6) is 5.75 Å². The molecule has 0 bridgehead atoms. The van der Waals surface area contributed by atoms with E-state index in [0.29, 0.717) is 39.4 Å². The third kappa shape index (κ3) is 4.32. The predicted molar refractivity (Wildman–Crippen MR) is 78.4 cm³/mol. The van der Waals surface area contributed by atoms with E-state index in [0.717, 1.165) is 5.56 Å². The molecule has 0 unspecified atom stereocenters. The lowest BCUT2D eigenvalue weighted by molar-refractivity contribution is -0.152. The molecule has 0 aliphatic carbocycles. The van der Waals surface area contributed by atoms with Crippen LogP contribution in [0.3, 0.4) is 0 Å². The summed E-state index contributed by atoms with van der Waals surface area (Å²) < 4.78 is 5.60. The Morgan fingerprint density at radius 1 is 1.19 bits per heavy atom. The highest BCUT2D eigenvalue weighted by atomic mass is 35.5. The number of carbonyl (C=O) groups excluding carboxylic acids is 1. The molecule has 1 heterocycles. The minimum Gasteiger partial charge on any atom is -0.486 e. The van der Waals surface area contributed by atoms with Gasteiger partial charge < -0.3 is 4.74 Å². The fourth-order valence-electron chi connectivity index (χ4n) is 1.70. The second-order valence-electron chi connectivity index (χ2n) is 4.24. The number of amides is 1.